The zero-order chi connectivity index (χ0) is 23.9. The van der Waals surface area contributed by atoms with Gasteiger partial charge in [-0.2, -0.15) is 0 Å². The molecule has 0 radical (unpaired) electrons. The third-order valence-electron chi connectivity index (χ3n) is 6.09. The summed E-state index contributed by atoms with van der Waals surface area (Å²) in [6, 6.07) is -3.18. The van der Waals surface area contributed by atoms with Crippen molar-refractivity contribution in [3.63, 3.8) is 0 Å². The minimum Gasteiger partial charge on any atom is -0.477 e. The SMILES string of the molecule is CCCC/C=C/CCC[N+](C(CCC)C(=O)O)(C(CCC)C(=O)O)C(CCC)C(=O)O. The van der Waals surface area contributed by atoms with Gasteiger partial charge in [0.2, 0.25) is 0 Å². The van der Waals surface area contributed by atoms with Gasteiger partial charge in [-0.15, -0.1) is 0 Å². The van der Waals surface area contributed by atoms with E-state index in [9.17, 15) is 29.7 Å². The summed E-state index contributed by atoms with van der Waals surface area (Å²) < 4.78 is -0.404. The summed E-state index contributed by atoms with van der Waals surface area (Å²) in [6.45, 7) is 7.91. The maximum Gasteiger partial charge on any atom is 0.362 e. The normalized spacial score (nSPS) is 16.5. The van der Waals surface area contributed by atoms with Crippen molar-refractivity contribution in [2.45, 2.75) is 116 Å². The van der Waals surface area contributed by atoms with Crippen LogP contribution in [0, 0.1) is 0 Å². The Morgan fingerprint density at radius 2 is 1.00 bits per heavy atom. The molecule has 0 spiro atoms. The van der Waals surface area contributed by atoms with Crippen LogP contribution in [-0.2, 0) is 14.4 Å². The number of carbonyl (C=O) groups is 3. The highest BCUT2D eigenvalue weighted by molar-refractivity contribution is 5.78. The number of aliphatic carboxylic acids is 3. The second kappa shape index (κ2) is 15.8. The van der Waals surface area contributed by atoms with E-state index >= 15 is 0 Å². The molecule has 3 atom stereocenters. The van der Waals surface area contributed by atoms with Gasteiger partial charge in [-0.3, -0.25) is 4.48 Å². The van der Waals surface area contributed by atoms with Crippen molar-refractivity contribution in [3.05, 3.63) is 12.2 Å². The quantitative estimate of drug-likeness (QED) is 0.146. The average molecular weight is 443 g/mol. The predicted molar refractivity (Wildman–Crippen MR) is 122 cm³/mol. The highest BCUT2D eigenvalue weighted by Gasteiger charge is 2.56. The van der Waals surface area contributed by atoms with Crippen LogP contribution in [0.4, 0.5) is 0 Å². The van der Waals surface area contributed by atoms with Gasteiger partial charge in [0.1, 0.15) is 0 Å². The summed E-state index contributed by atoms with van der Waals surface area (Å²) in [6.07, 6.45) is 11.0. The van der Waals surface area contributed by atoms with Crippen LogP contribution in [-0.4, -0.2) is 62.4 Å². The number of unbranched alkanes of at least 4 members (excludes halogenated alkanes) is 3. The van der Waals surface area contributed by atoms with E-state index in [1.165, 1.54) is 0 Å². The Morgan fingerprint density at radius 3 is 1.29 bits per heavy atom. The molecule has 0 aliphatic heterocycles. The van der Waals surface area contributed by atoms with Crippen LogP contribution >= 0.6 is 0 Å². The molecule has 0 saturated heterocycles. The second-order valence-corrected chi connectivity index (χ2v) is 8.40. The Labute approximate surface area is 187 Å². The van der Waals surface area contributed by atoms with Gasteiger partial charge < -0.3 is 15.3 Å². The molecule has 0 aliphatic rings. The number of nitrogens with zero attached hydrogens (tertiary/aromatic N) is 1. The van der Waals surface area contributed by atoms with Gasteiger partial charge in [0.15, 0.2) is 18.1 Å². The van der Waals surface area contributed by atoms with E-state index in [-0.39, 0.29) is 25.8 Å². The fraction of sp³-hybridized carbons (Fsp3) is 0.792. The largest absolute Gasteiger partial charge is 0.477 e. The minimum atomic E-state index is -1.11. The van der Waals surface area contributed by atoms with Gasteiger partial charge in [0.25, 0.3) is 0 Å². The first-order valence-electron chi connectivity index (χ1n) is 11.9. The van der Waals surface area contributed by atoms with E-state index in [1.807, 2.05) is 26.8 Å². The highest BCUT2D eigenvalue weighted by atomic mass is 16.4. The Hall–Kier alpha value is -1.89. The molecule has 3 unspecified atom stereocenters. The number of rotatable bonds is 19. The summed E-state index contributed by atoms with van der Waals surface area (Å²) in [4.78, 5) is 37.2. The van der Waals surface area contributed by atoms with Gasteiger partial charge in [0, 0.05) is 25.7 Å². The molecule has 0 saturated carbocycles. The Balaban J connectivity index is 6.38. The van der Waals surface area contributed by atoms with Crippen molar-refractivity contribution in [1.82, 2.24) is 0 Å². The molecular weight excluding hydrogens is 398 g/mol. The van der Waals surface area contributed by atoms with Crippen LogP contribution in [0.15, 0.2) is 12.2 Å². The summed E-state index contributed by atoms with van der Waals surface area (Å²) in [5.41, 5.74) is 0. The van der Waals surface area contributed by atoms with Gasteiger partial charge >= 0.3 is 17.9 Å². The van der Waals surface area contributed by atoms with E-state index in [0.29, 0.717) is 32.1 Å². The summed E-state index contributed by atoms with van der Waals surface area (Å²) in [5.74, 6) is -3.32. The lowest BCUT2D eigenvalue weighted by atomic mass is 9.91. The maximum atomic E-state index is 12.4. The Bertz CT molecular complexity index is 515. The fourth-order valence-electron chi connectivity index (χ4n) is 4.69. The zero-order valence-corrected chi connectivity index (χ0v) is 19.9. The molecule has 0 aromatic carbocycles. The minimum absolute atomic E-state index is 0.225. The molecule has 0 rings (SSSR count). The van der Waals surface area contributed by atoms with Gasteiger partial charge in [-0.05, 0) is 32.1 Å². The van der Waals surface area contributed by atoms with Gasteiger partial charge in [-0.1, -0.05) is 52.7 Å². The molecule has 0 amide bonds. The van der Waals surface area contributed by atoms with Crippen LogP contribution in [0.1, 0.15) is 98.3 Å². The fourth-order valence-corrected chi connectivity index (χ4v) is 4.69. The first-order chi connectivity index (χ1) is 14.7. The number of allylic oxidation sites excluding steroid dienone is 2. The Morgan fingerprint density at radius 1 is 0.645 bits per heavy atom. The molecule has 0 heterocycles. The first-order valence-corrected chi connectivity index (χ1v) is 11.9. The van der Waals surface area contributed by atoms with Crippen LogP contribution in [0.3, 0.4) is 0 Å². The van der Waals surface area contributed by atoms with Crippen molar-refractivity contribution in [2.75, 3.05) is 6.54 Å². The van der Waals surface area contributed by atoms with Crippen molar-refractivity contribution >= 4 is 17.9 Å². The zero-order valence-electron chi connectivity index (χ0n) is 19.9. The molecule has 31 heavy (non-hydrogen) atoms. The molecule has 3 N–H and O–H groups in total. The number of hydrogen-bond acceptors (Lipinski definition) is 3. The lowest BCUT2D eigenvalue weighted by Crippen LogP contribution is -2.72. The van der Waals surface area contributed by atoms with E-state index in [4.69, 9.17) is 0 Å². The van der Waals surface area contributed by atoms with E-state index in [1.54, 1.807) is 0 Å². The summed E-state index contributed by atoms with van der Waals surface area (Å²) in [7, 11) is 0. The molecule has 0 aromatic rings. The molecule has 180 valence electrons. The lowest BCUT2D eigenvalue weighted by Gasteiger charge is -2.50. The number of carboxylic acids is 3. The Kier molecular flexibility index (Phi) is 14.9. The van der Waals surface area contributed by atoms with Crippen LogP contribution in [0.25, 0.3) is 0 Å². The average Bonchev–Trinajstić information content (AvgIpc) is 2.71. The topological polar surface area (TPSA) is 112 Å². The highest BCUT2D eigenvalue weighted by Crippen LogP contribution is 2.34. The molecule has 0 aromatic heterocycles. The standard InChI is InChI=1S/C24H43NO6/c1-5-9-10-11-12-13-14-18-25(19(15-6-2)22(26)27,20(16-7-3)23(28)29)21(17-8-4)24(30)31/h11-12,19-21H,5-10,13-18H2,1-4H3,(H2-,26,27,28,29,30,31)/p+1/b12-11+. The van der Waals surface area contributed by atoms with Crippen molar-refractivity contribution in [1.29, 1.82) is 0 Å². The molecule has 0 fully saturated rings. The van der Waals surface area contributed by atoms with Crippen LogP contribution in [0.2, 0.25) is 0 Å². The number of carboxylic acid groups (broad SMARTS) is 3. The molecule has 0 bridgehead atoms. The van der Waals surface area contributed by atoms with Gasteiger partial charge in [-0.25, -0.2) is 14.4 Å². The third-order valence-corrected chi connectivity index (χ3v) is 6.09. The van der Waals surface area contributed by atoms with Crippen molar-refractivity contribution in [2.24, 2.45) is 0 Å². The van der Waals surface area contributed by atoms with E-state index in [2.05, 4.69) is 13.0 Å². The van der Waals surface area contributed by atoms with Crippen LogP contribution in [0.5, 0.6) is 0 Å². The predicted octanol–water partition coefficient (Wildman–Crippen LogP) is 5.09. The van der Waals surface area contributed by atoms with E-state index in [0.717, 1.165) is 19.3 Å². The van der Waals surface area contributed by atoms with Crippen LogP contribution < -0.4 is 0 Å². The number of quaternary nitrogens is 1. The maximum absolute atomic E-state index is 12.4. The third kappa shape index (κ3) is 8.63. The molecular formula is C24H44NO6+. The second-order valence-electron chi connectivity index (χ2n) is 8.40. The van der Waals surface area contributed by atoms with E-state index < -0.39 is 40.5 Å². The number of hydrogen-bond donors (Lipinski definition) is 3. The first kappa shape index (κ1) is 29.1. The summed E-state index contributed by atoms with van der Waals surface area (Å²) >= 11 is 0. The molecule has 0 aliphatic carbocycles. The molecule has 7 heteroatoms. The smallest absolute Gasteiger partial charge is 0.362 e. The summed E-state index contributed by atoms with van der Waals surface area (Å²) in [5, 5.41) is 30.4. The monoisotopic (exact) mass is 442 g/mol. The van der Waals surface area contributed by atoms with Gasteiger partial charge in [0.05, 0.1) is 6.54 Å². The molecule has 7 nitrogen and oxygen atoms in total. The van der Waals surface area contributed by atoms with Crippen molar-refractivity contribution < 1.29 is 34.2 Å². The van der Waals surface area contributed by atoms with Crippen molar-refractivity contribution in [3.8, 4) is 0 Å². The lowest BCUT2D eigenvalue weighted by molar-refractivity contribution is -0.973.